The summed E-state index contributed by atoms with van der Waals surface area (Å²) < 4.78 is 46.7. The summed E-state index contributed by atoms with van der Waals surface area (Å²) >= 11 is 0.421. The van der Waals surface area contributed by atoms with E-state index >= 15 is 0 Å². The summed E-state index contributed by atoms with van der Waals surface area (Å²) in [6.45, 7) is 4.56. The molecular formula is C34H43F3N8O8S. The monoisotopic (exact) mass is 780 g/mol. The van der Waals surface area contributed by atoms with Crippen LogP contribution in [0.5, 0.6) is 0 Å². The van der Waals surface area contributed by atoms with Crippen LogP contribution in [0.2, 0.25) is 0 Å². The summed E-state index contributed by atoms with van der Waals surface area (Å²) in [7, 11) is 0. The molecule has 54 heavy (non-hydrogen) atoms. The van der Waals surface area contributed by atoms with Gasteiger partial charge in [-0.15, -0.1) is 0 Å². The Morgan fingerprint density at radius 2 is 1.59 bits per heavy atom. The number of nitrogens with zero attached hydrogens (tertiary/aromatic N) is 2. The van der Waals surface area contributed by atoms with Crippen molar-refractivity contribution in [3.8, 4) is 0 Å². The molecule has 0 saturated carbocycles. The quantitative estimate of drug-likeness (QED) is 0.0900. The summed E-state index contributed by atoms with van der Waals surface area (Å²) in [5, 5.41) is 11.7. The topological polar surface area (TPSA) is 231 Å². The van der Waals surface area contributed by atoms with Gasteiger partial charge in [0.25, 0.3) is 11.8 Å². The molecule has 8 amide bonds. The van der Waals surface area contributed by atoms with Gasteiger partial charge in [-0.25, -0.2) is 14.6 Å². The zero-order valence-corrected chi connectivity index (χ0v) is 30.7. The van der Waals surface area contributed by atoms with Crippen molar-refractivity contribution < 1.29 is 51.5 Å². The lowest BCUT2D eigenvalue weighted by atomic mass is 10.0. The van der Waals surface area contributed by atoms with E-state index in [-0.39, 0.29) is 32.4 Å². The number of carbonyl (C=O) groups is 7. The van der Waals surface area contributed by atoms with Gasteiger partial charge in [0.15, 0.2) is 10.8 Å². The number of nitrogens with two attached hydrogens (primary N) is 1. The van der Waals surface area contributed by atoms with Crippen LogP contribution >= 0.6 is 11.3 Å². The predicted octanol–water partition coefficient (Wildman–Crippen LogP) is 3.72. The summed E-state index contributed by atoms with van der Waals surface area (Å²) in [5.74, 6) is -3.39. The molecule has 1 aliphatic rings. The maximum atomic E-state index is 13.9. The van der Waals surface area contributed by atoms with Crippen LogP contribution in [0, 0.1) is 12.8 Å². The van der Waals surface area contributed by atoms with E-state index in [0.717, 1.165) is 10.5 Å². The first-order valence-corrected chi connectivity index (χ1v) is 17.8. The third-order valence-corrected chi connectivity index (χ3v) is 8.83. The van der Waals surface area contributed by atoms with E-state index in [1.54, 1.807) is 38.1 Å². The number of ether oxygens (including phenoxy) is 1. The van der Waals surface area contributed by atoms with Crippen LogP contribution in [0.4, 0.5) is 33.6 Å². The van der Waals surface area contributed by atoms with Gasteiger partial charge in [0.05, 0.1) is 4.88 Å². The number of imide groups is 1. The molecule has 7 N–H and O–H groups in total. The van der Waals surface area contributed by atoms with Crippen molar-refractivity contribution in [3.05, 3.63) is 52.6 Å². The van der Waals surface area contributed by atoms with E-state index in [9.17, 15) is 46.7 Å². The van der Waals surface area contributed by atoms with Crippen LogP contribution in [-0.2, 0) is 41.5 Å². The molecule has 3 rings (SSSR count). The molecule has 0 aliphatic carbocycles. The molecule has 2 heterocycles. The second-order valence-electron chi connectivity index (χ2n) is 12.6. The maximum absolute atomic E-state index is 13.9. The minimum atomic E-state index is -4.97. The highest BCUT2D eigenvalue weighted by atomic mass is 32.1. The van der Waals surface area contributed by atoms with Crippen molar-refractivity contribution in [2.45, 2.75) is 84.2 Å². The Hall–Kier alpha value is -5.53. The number of primary amides is 1. The number of urea groups is 1. The number of carbonyl (C=O) groups excluding carboxylic acids is 7. The number of rotatable bonds is 19. The minimum absolute atomic E-state index is 0.0114. The number of thiazole rings is 1. The number of hydrogen-bond acceptors (Lipinski definition) is 10. The summed E-state index contributed by atoms with van der Waals surface area (Å²) in [6.07, 6.45) is -2.16. The highest BCUT2D eigenvalue weighted by Gasteiger charge is 2.38. The smallest absolute Gasteiger partial charge is 0.434 e. The molecule has 1 aromatic carbocycles. The second-order valence-corrected chi connectivity index (χ2v) is 13.7. The van der Waals surface area contributed by atoms with Crippen molar-refractivity contribution in [1.29, 1.82) is 0 Å². The number of hydrogen-bond donors (Lipinski definition) is 6. The standard InChI is InChI=1S/C34H43F3N8O8S/c1-19(2)27(42-24(46)9-5-4-6-17-45-25(47)14-15-26(45)48)30(50)41-22(8-7-16-39-31(38)51)29(49)44-32-43-28(34(35,36)37)23(54-32)18-53-33(52)40-21-12-10-20(3)11-13-21/h10-15,19,22,27H,4-9,16-18H2,1-3H3,(H,40,52)(H,41,50)(H,42,46)(H3,38,39,51)(H,43,44,49)/t22-,27-/m1/s1. The molecule has 294 valence electrons. The zero-order valence-electron chi connectivity index (χ0n) is 29.8. The van der Waals surface area contributed by atoms with E-state index in [2.05, 4.69) is 31.6 Å². The van der Waals surface area contributed by atoms with Gasteiger partial charge >= 0.3 is 18.3 Å². The molecule has 0 saturated heterocycles. The Morgan fingerprint density at radius 1 is 0.926 bits per heavy atom. The number of alkyl halides is 3. The van der Waals surface area contributed by atoms with Gasteiger partial charge < -0.3 is 31.7 Å². The van der Waals surface area contributed by atoms with Crippen molar-refractivity contribution in [2.24, 2.45) is 11.7 Å². The number of amides is 8. The average molecular weight is 781 g/mol. The van der Waals surface area contributed by atoms with E-state index in [4.69, 9.17) is 10.5 Å². The normalized spacial score (nSPS) is 13.7. The molecular weight excluding hydrogens is 737 g/mol. The van der Waals surface area contributed by atoms with Crippen molar-refractivity contribution in [3.63, 3.8) is 0 Å². The van der Waals surface area contributed by atoms with Gasteiger partial charge in [-0.1, -0.05) is 49.3 Å². The molecule has 0 bridgehead atoms. The van der Waals surface area contributed by atoms with Crippen LogP contribution in [0.3, 0.4) is 0 Å². The number of anilines is 2. The molecule has 0 spiro atoms. The van der Waals surface area contributed by atoms with Crippen molar-refractivity contribution >= 4 is 63.8 Å². The Morgan fingerprint density at radius 3 is 2.20 bits per heavy atom. The van der Waals surface area contributed by atoms with Gasteiger partial charge in [-0.05, 0) is 50.7 Å². The Balaban J connectivity index is 1.64. The number of aryl methyl sites for hydroxylation is 1. The number of halogens is 3. The maximum Gasteiger partial charge on any atom is 0.434 e. The van der Waals surface area contributed by atoms with Crippen LogP contribution in [-0.4, -0.2) is 76.7 Å². The zero-order chi connectivity index (χ0) is 40.0. The first-order valence-electron chi connectivity index (χ1n) is 17.0. The lowest BCUT2D eigenvalue weighted by Gasteiger charge is -2.25. The highest BCUT2D eigenvalue weighted by molar-refractivity contribution is 7.15. The van der Waals surface area contributed by atoms with Gasteiger partial charge in [-0.3, -0.25) is 34.2 Å². The Labute approximate surface area is 312 Å². The van der Waals surface area contributed by atoms with Crippen molar-refractivity contribution in [2.75, 3.05) is 23.7 Å². The second kappa shape index (κ2) is 20.1. The fourth-order valence-electron chi connectivity index (χ4n) is 5.05. The summed E-state index contributed by atoms with van der Waals surface area (Å²) in [6, 6.07) is 3.32. The molecule has 1 aliphatic heterocycles. The largest absolute Gasteiger partial charge is 0.444 e. The van der Waals surface area contributed by atoms with Gasteiger partial charge in [0.1, 0.15) is 18.7 Å². The van der Waals surface area contributed by atoms with E-state index < -0.39 is 88.1 Å². The van der Waals surface area contributed by atoms with Crippen LogP contribution in [0.15, 0.2) is 36.4 Å². The molecule has 2 aromatic rings. The highest BCUT2D eigenvalue weighted by Crippen LogP contribution is 2.36. The van der Waals surface area contributed by atoms with E-state index in [1.807, 2.05) is 6.92 Å². The molecule has 1 aromatic heterocycles. The van der Waals surface area contributed by atoms with Gasteiger partial charge in [0.2, 0.25) is 17.7 Å². The van der Waals surface area contributed by atoms with E-state index in [1.165, 1.54) is 12.2 Å². The van der Waals surface area contributed by atoms with Crippen LogP contribution < -0.4 is 32.3 Å². The number of nitrogens with one attached hydrogen (secondary N) is 5. The fraction of sp³-hybridized carbons (Fsp3) is 0.471. The van der Waals surface area contributed by atoms with E-state index in [0.29, 0.717) is 36.3 Å². The van der Waals surface area contributed by atoms with Crippen molar-refractivity contribution in [1.82, 2.24) is 25.8 Å². The number of aromatic nitrogens is 1. The molecule has 0 fully saturated rings. The third-order valence-electron chi connectivity index (χ3n) is 7.88. The lowest BCUT2D eigenvalue weighted by molar-refractivity contribution is -0.142. The third kappa shape index (κ3) is 13.8. The first-order chi connectivity index (χ1) is 25.4. The molecule has 20 heteroatoms. The Kier molecular flexibility index (Phi) is 15.9. The predicted molar refractivity (Wildman–Crippen MR) is 191 cm³/mol. The summed E-state index contributed by atoms with van der Waals surface area (Å²) in [5.41, 5.74) is 5.00. The van der Waals surface area contributed by atoms with Gasteiger partial charge in [0, 0.05) is 37.3 Å². The minimum Gasteiger partial charge on any atom is -0.444 e. The molecule has 16 nitrogen and oxygen atoms in total. The molecule has 0 unspecified atom stereocenters. The molecule has 0 radical (unpaired) electrons. The SMILES string of the molecule is Cc1ccc(NC(=O)OCc2sc(NC(=O)[C@@H](CCCNC(N)=O)NC(=O)[C@H](NC(=O)CCCCCN3C(=O)C=CC3=O)C(C)C)nc2C(F)(F)F)cc1. The summed E-state index contributed by atoms with van der Waals surface area (Å²) in [4.78, 5) is 90.4. The van der Waals surface area contributed by atoms with Crippen LogP contribution in [0.1, 0.15) is 68.5 Å². The number of benzene rings is 1. The molecule has 2 atom stereocenters. The lowest BCUT2D eigenvalue weighted by Crippen LogP contribution is -2.54. The first kappa shape index (κ1) is 42.9. The van der Waals surface area contributed by atoms with Gasteiger partial charge in [-0.2, -0.15) is 13.2 Å². The average Bonchev–Trinajstić information content (AvgIpc) is 3.66. The van der Waals surface area contributed by atoms with Crippen LogP contribution in [0.25, 0.3) is 0 Å². The number of unbranched alkanes of at least 4 members (excludes halogenated alkanes) is 2. The fourth-order valence-corrected chi connectivity index (χ4v) is 5.95. The Bertz CT molecular complexity index is 1700.